The minimum Gasteiger partial charge on any atom is -0.325 e. The highest BCUT2D eigenvalue weighted by molar-refractivity contribution is 7.99. The molecule has 2 aromatic heterocycles. The van der Waals surface area contributed by atoms with Crippen molar-refractivity contribution >= 4 is 34.3 Å². The Morgan fingerprint density at radius 1 is 1.07 bits per heavy atom. The fourth-order valence-electron chi connectivity index (χ4n) is 3.13. The minimum absolute atomic E-state index is 0.123. The lowest BCUT2D eigenvalue weighted by Gasteiger charge is -2.13. The highest BCUT2D eigenvalue weighted by Gasteiger charge is 2.15. The normalized spacial score (nSPS) is 10.9. The second-order valence-corrected chi connectivity index (χ2v) is 7.79. The Kier molecular flexibility index (Phi) is 5.63. The number of amides is 1. The van der Waals surface area contributed by atoms with Gasteiger partial charge in [0.25, 0.3) is 5.56 Å². The molecule has 0 fully saturated rings. The van der Waals surface area contributed by atoms with Crippen LogP contribution < -0.4 is 10.9 Å². The van der Waals surface area contributed by atoms with Gasteiger partial charge >= 0.3 is 0 Å². The Labute approximate surface area is 178 Å². The number of benzene rings is 2. The van der Waals surface area contributed by atoms with E-state index >= 15 is 0 Å². The van der Waals surface area contributed by atoms with Crippen LogP contribution in [0.2, 0.25) is 0 Å². The lowest BCUT2D eigenvalue weighted by molar-refractivity contribution is -0.113. The van der Waals surface area contributed by atoms with E-state index in [1.807, 2.05) is 44.2 Å². The molecule has 2 heterocycles. The molecule has 0 atom stereocenters. The van der Waals surface area contributed by atoms with Gasteiger partial charge < -0.3 is 5.32 Å². The molecule has 1 amide bonds. The van der Waals surface area contributed by atoms with Gasteiger partial charge in [0, 0.05) is 11.9 Å². The number of anilines is 1. The number of thioether (sulfide) groups is 1. The van der Waals surface area contributed by atoms with E-state index in [9.17, 15) is 9.59 Å². The lowest BCUT2D eigenvalue weighted by Crippen LogP contribution is -2.23. The molecular formula is C23H20N4O2S. The molecule has 0 aliphatic carbocycles. The van der Waals surface area contributed by atoms with Crippen LogP contribution in [0.3, 0.4) is 0 Å². The third-order valence-electron chi connectivity index (χ3n) is 4.86. The predicted octanol–water partition coefficient (Wildman–Crippen LogP) is 4.13. The van der Waals surface area contributed by atoms with Gasteiger partial charge in [-0.05, 0) is 55.3 Å². The van der Waals surface area contributed by atoms with Crippen molar-refractivity contribution in [3.8, 4) is 5.69 Å². The van der Waals surface area contributed by atoms with Gasteiger partial charge in [0.05, 0.1) is 28.5 Å². The van der Waals surface area contributed by atoms with Crippen LogP contribution in [0.25, 0.3) is 16.6 Å². The van der Waals surface area contributed by atoms with Crippen molar-refractivity contribution in [3.63, 3.8) is 0 Å². The molecule has 0 unspecified atom stereocenters. The fraction of sp³-hybridized carbons (Fsp3) is 0.130. The second kappa shape index (κ2) is 8.51. The number of nitrogens with one attached hydrogen (secondary N) is 1. The molecule has 0 aliphatic heterocycles. The molecule has 2 aromatic carbocycles. The average Bonchev–Trinajstić information content (AvgIpc) is 2.76. The van der Waals surface area contributed by atoms with Crippen LogP contribution >= 0.6 is 11.8 Å². The van der Waals surface area contributed by atoms with Gasteiger partial charge in [-0.1, -0.05) is 36.0 Å². The smallest absolute Gasteiger partial charge is 0.266 e. The maximum atomic E-state index is 13.1. The number of rotatable bonds is 5. The summed E-state index contributed by atoms with van der Waals surface area (Å²) in [5, 5.41) is 3.91. The molecule has 0 saturated heterocycles. The minimum atomic E-state index is -0.189. The number of aromatic nitrogens is 3. The van der Waals surface area contributed by atoms with Gasteiger partial charge in [0.15, 0.2) is 5.16 Å². The molecule has 0 radical (unpaired) electrons. The molecule has 4 rings (SSSR count). The molecule has 4 aromatic rings. The van der Waals surface area contributed by atoms with Gasteiger partial charge in [0.1, 0.15) is 0 Å². The standard InChI is InChI=1S/C23H20N4O2S/c1-15-7-5-11-19(16(15)2)25-21(28)14-30-23-26-20-10-4-3-9-18(20)22(29)27(23)17-8-6-12-24-13-17/h3-13H,14H2,1-2H3,(H,25,28). The van der Waals surface area contributed by atoms with Crippen LogP contribution in [0.4, 0.5) is 5.69 Å². The van der Waals surface area contributed by atoms with Crippen molar-refractivity contribution in [2.45, 2.75) is 19.0 Å². The first-order valence-corrected chi connectivity index (χ1v) is 10.4. The number of fused-ring (bicyclic) bond motifs is 1. The molecule has 7 heteroatoms. The predicted molar refractivity (Wildman–Crippen MR) is 120 cm³/mol. The van der Waals surface area contributed by atoms with Crippen molar-refractivity contribution < 1.29 is 4.79 Å². The van der Waals surface area contributed by atoms with E-state index in [1.54, 1.807) is 36.7 Å². The van der Waals surface area contributed by atoms with Crippen molar-refractivity contribution in [1.29, 1.82) is 0 Å². The molecule has 1 N–H and O–H groups in total. The summed E-state index contributed by atoms with van der Waals surface area (Å²) in [6.45, 7) is 3.98. The number of nitrogens with zero attached hydrogens (tertiary/aromatic N) is 3. The van der Waals surface area contributed by atoms with Crippen LogP contribution in [-0.2, 0) is 4.79 Å². The summed E-state index contributed by atoms with van der Waals surface area (Å²) in [6.07, 6.45) is 3.26. The summed E-state index contributed by atoms with van der Waals surface area (Å²) in [5.74, 6) is -0.0350. The zero-order valence-corrected chi connectivity index (χ0v) is 17.4. The number of para-hydroxylation sites is 1. The van der Waals surface area contributed by atoms with Crippen molar-refractivity contribution in [3.05, 3.63) is 88.5 Å². The maximum Gasteiger partial charge on any atom is 0.266 e. The molecule has 6 nitrogen and oxygen atoms in total. The Morgan fingerprint density at radius 3 is 2.70 bits per heavy atom. The summed E-state index contributed by atoms with van der Waals surface area (Å²) in [6, 6.07) is 16.5. The van der Waals surface area contributed by atoms with Crippen molar-refractivity contribution in [1.82, 2.24) is 14.5 Å². The van der Waals surface area contributed by atoms with Crippen molar-refractivity contribution in [2.75, 3.05) is 11.1 Å². The van der Waals surface area contributed by atoms with Gasteiger partial charge in [-0.3, -0.25) is 19.1 Å². The monoisotopic (exact) mass is 416 g/mol. The molecule has 0 bridgehead atoms. The Balaban J connectivity index is 1.66. The van der Waals surface area contributed by atoms with E-state index in [4.69, 9.17) is 0 Å². The second-order valence-electron chi connectivity index (χ2n) is 6.85. The van der Waals surface area contributed by atoms with E-state index in [0.717, 1.165) is 16.8 Å². The number of aryl methyl sites for hydroxylation is 1. The van der Waals surface area contributed by atoms with E-state index in [1.165, 1.54) is 16.3 Å². The zero-order valence-electron chi connectivity index (χ0n) is 16.6. The number of carbonyl (C=O) groups is 1. The SMILES string of the molecule is Cc1cccc(NC(=O)CSc2nc3ccccc3c(=O)n2-c2cccnc2)c1C. The van der Waals surface area contributed by atoms with E-state index < -0.39 is 0 Å². The molecule has 30 heavy (non-hydrogen) atoms. The van der Waals surface area contributed by atoms with Gasteiger partial charge in [-0.2, -0.15) is 0 Å². The molecule has 0 spiro atoms. The topological polar surface area (TPSA) is 76.9 Å². The number of pyridine rings is 1. The summed E-state index contributed by atoms with van der Waals surface area (Å²) < 4.78 is 1.51. The molecular weight excluding hydrogens is 396 g/mol. The Morgan fingerprint density at radius 2 is 1.90 bits per heavy atom. The Hall–Kier alpha value is -3.45. The third-order valence-corrected chi connectivity index (χ3v) is 5.80. The summed E-state index contributed by atoms with van der Waals surface area (Å²) in [5.41, 5.74) is 3.95. The van der Waals surface area contributed by atoms with Crippen molar-refractivity contribution in [2.24, 2.45) is 0 Å². The molecule has 150 valence electrons. The Bertz CT molecular complexity index is 1290. The maximum absolute atomic E-state index is 13.1. The summed E-state index contributed by atoms with van der Waals surface area (Å²) >= 11 is 1.22. The first-order chi connectivity index (χ1) is 14.5. The quantitative estimate of drug-likeness (QED) is 0.391. The summed E-state index contributed by atoms with van der Waals surface area (Å²) in [4.78, 5) is 34.5. The first-order valence-electron chi connectivity index (χ1n) is 9.45. The lowest BCUT2D eigenvalue weighted by atomic mass is 10.1. The zero-order chi connectivity index (χ0) is 21.1. The van der Waals surface area contributed by atoms with Crippen LogP contribution in [0.1, 0.15) is 11.1 Å². The highest BCUT2D eigenvalue weighted by atomic mass is 32.2. The molecule has 0 aliphatic rings. The number of hydrogen-bond donors (Lipinski definition) is 1. The van der Waals surface area contributed by atoms with E-state index in [-0.39, 0.29) is 17.2 Å². The van der Waals surface area contributed by atoms with Crippen LogP contribution in [0.15, 0.2) is 76.9 Å². The van der Waals surface area contributed by atoms with Gasteiger partial charge in [0.2, 0.25) is 5.91 Å². The van der Waals surface area contributed by atoms with E-state index in [2.05, 4.69) is 15.3 Å². The van der Waals surface area contributed by atoms with Gasteiger partial charge in [-0.15, -0.1) is 0 Å². The highest BCUT2D eigenvalue weighted by Crippen LogP contribution is 2.22. The summed E-state index contributed by atoms with van der Waals surface area (Å²) in [7, 11) is 0. The fourth-order valence-corrected chi connectivity index (χ4v) is 3.94. The van der Waals surface area contributed by atoms with Gasteiger partial charge in [-0.25, -0.2) is 4.98 Å². The number of hydrogen-bond acceptors (Lipinski definition) is 5. The average molecular weight is 417 g/mol. The van der Waals surface area contributed by atoms with Crippen LogP contribution in [0, 0.1) is 13.8 Å². The first kappa shape index (κ1) is 19.8. The molecule has 0 saturated carbocycles. The van der Waals surface area contributed by atoms with E-state index in [0.29, 0.717) is 21.7 Å². The van der Waals surface area contributed by atoms with Crippen LogP contribution in [0.5, 0.6) is 0 Å². The number of carbonyl (C=O) groups excluding carboxylic acids is 1. The third kappa shape index (κ3) is 3.97. The largest absolute Gasteiger partial charge is 0.325 e. The van der Waals surface area contributed by atoms with Crippen LogP contribution in [-0.4, -0.2) is 26.2 Å².